The van der Waals surface area contributed by atoms with Crippen molar-refractivity contribution in [1.29, 1.82) is 0 Å². The van der Waals surface area contributed by atoms with Gasteiger partial charge < -0.3 is 30.6 Å². The van der Waals surface area contributed by atoms with Gasteiger partial charge in [0.15, 0.2) is 0 Å². The predicted octanol–water partition coefficient (Wildman–Crippen LogP) is -1.47. The summed E-state index contributed by atoms with van der Waals surface area (Å²) in [6, 6.07) is 0. The summed E-state index contributed by atoms with van der Waals surface area (Å²) in [4.78, 5) is 0. The quantitative estimate of drug-likeness (QED) is 0.316. The van der Waals surface area contributed by atoms with E-state index in [0.717, 1.165) is 0 Å². The van der Waals surface area contributed by atoms with Crippen LogP contribution in [0.5, 0.6) is 0 Å². The molecule has 0 aliphatic carbocycles. The summed E-state index contributed by atoms with van der Waals surface area (Å²) >= 11 is 0. The third-order valence-electron chi connectivity index (χ3n) is 0. The standard InChI is InChI=1S/6C3H7O.2Pm/c6*1-3(2)4;;/h6*3H,1-2H3;;/q6*-1;2*+3. The van der Waals surface area contributed by atoms with Gasteiger partial charge in [-0.3, -0.25) is 0 Å². The van der Waals surface area contributed by atoms with Crippen molar-refractivity contribution >= 4 is 0 Å². The second-order valence-electron chi connectivity index (χ2n) is 6.29. The molecule has 0 fully saturated rings. The summed E-state index contributed by atoms with van der Waals surface area (Å²) in [5.41, 5.74) is 0. The van der Waals surface area contributed by atoms with E-state index in [1.165, 1.54) is 0 Å². The average molecular weight is 645 g/mol. The van der Waals surface area contributed by atoms with Gasteiger partial charge in [0.1, 0.15) is 0 Å². The summed E-state index contributed by atoms with van der Waals surface area (Å²) in [5.74, 6) is 0. The zero-order valence-electron chi connectivity index (χ0n) is 18.8. The van der Waals surface area contributed by atoms with Crippen LogP contribution in [0.25, 0.3) is 0 Å². The Balaban J connectivity index is -0.0000000245. The van der Waals surface area contributed by atoms with Crippen molar-refractivity contribution in [2.75, 3.05) is 0 Å². The number of rotatable bonds is 0. The number of hydrogen-bond donors (Lipinski definition) is 0. The predicted molar refractivity (Wildman–Crippen MR) is 90.8 cm³/mol. The topological polar surface area (TPSA) is 138 Å². The van der Waals surface area contributed by atoms with Gasteiger partial charge in [-0.05, 0) is 0 Å². The minimum Gasteiger partial charge on any atom is -0.852 e. The Hall–Kier alpha value is 2.44. The second kappa shape index (κ2) is 45.9. The van der Waals surface area contributed by atoms with Crippen LogP contribution in [-0.2, 0) is 0 Å². The zero-order chi connectivity index (χ0) is 21.5. The van der Waals surface area contributed by atoms with E-state index in [4.69, 9.17) is 0 Å². The largest absolute Gasteiger partial charge is 3.00 e. The van der Waals surface area contributed by atoms with Crippen molar-refractivity contribution in [3.8, 4) is 0 Å². The first-order chi connectivity index (χ1) is 10.4. The first-order valence-electron chi connectivity index (χ1n) is 8.34. The van der Waals surface area contributed by atoms with E-state index >= 15 is 0 Å². The third kappa shape index (κ3) is 2880. The molecule has 0 saturated heterocycles. The second-order valence-corrected chi connectivity index (χ2v) is 6.29. The van der Waals surface area contributed by atoms with E-state index in [1.54, 1.807) is 83.1 Å². The Kier molecular flexibility index (Phi) is 90.5. The van der Waals surface area contributed by atoms with Crippen molar-refractivity contribution in [3.63, 3.8) is 0 Å². The van der Waals surface area contributed by atoms with Gasteiger partial charge in [-0.25, -0.2) is 0 Å². The van der Waals surface area contributed by atoms with Gasteiger partial charge in [-0.15, -0.1) is 36.6 Å². The van der Waals surface area contributed by atoms with E-state index in [0.29, 0.717) is 0 Å². The Bertz CT molecular complexity index is 105. The molecule has 6 nitrogen and oxygen atoms in total. The minimum atomic E-state index is -0.417. The van der Waals surface area contributed by atoms with Crippen molar-refractivity contribution < 1.29 is 111 Å². The van der Waals surface area contributed by atoms with Crippen LogP contribution in [0, 0.1) is 80.8 Å². The van der Waals surface area contributed by atoms with Crippen LogP contribution in [0.15, 0.2) is 0 Å². The molecular weight excluding hydrogens is 602 g/mol. The first-order valence-corrected chi connectivity index (χ1v) is 8.34. The fraction of sp³-hybridized carbons (Fsp3) is 1.00. The Morgan fingerprint density at radius 3 is 0.269 bits per heavy atom. The van der Waals surface area contributed by atoms with Gasteiger partial charge >= 0.3 is 80.8 Å². The van der Waals surface area contributed by atoms with Crippen molar-refractivity contribution in [2.45, 2.75) is 120 Å². The molecule has 0 saturated carbocycles. The maximum absolute atomic E-state index is 9.53. The summed E-state index contributed by atoms with van der Waals surface area (Å²) in [6.07, 6.45) is -2.50. The number of hydrogen-bond acceptors (Lipinski definition) is 6. The molecule has 0 aromatic heterocycles. The summed E-state index contributed by atoms with van der Waals surface area (Å²) in [5, 5.41) is 57.2. The van der Waals surface area contributed by atoms with E-state index in [1.807, 2.05) is 0 Å². The van der Waals surface area contributed by atoms with Crippen LogP contribution < -0.4 is 30.6 Å². The molecule has 0 aliphatic rings. The zero-order valence-corrected chi connectivity index (χ0v) is 24.5. The molecule has 8 heteroatoms. The van der Waals surface area contributed by atoms with Crippen LogP contribution in [0.4, 0.5) is 0 Å². The van der Waals surface area contributed by atoms with Crippen molar-refractivity contribution in [1.82, 2.24) is 0 Å². The van der Waals surface area contributed by atoms with Crippen molar-refractivity contribution in [2.24, 2.45) is 0 Å². The monoisotopic (exact) mass is 644 g/mol. The normalized spacial score (nSPS) is 8.31. The molecule has 0 heterocycles. The molecule has 0 radical (unpaired) electrons. The summed E-state index contributed by atoms with van der Waals surface area (Å²) in [7, 11) is 0. The fourth-order valence-corrected chi connectivity index (χ4v) is 0. The molecular formula is C18H42O6Pm2. The third-order valence-corrected chi connectivity index (χ3v) is 0. The van der Waals surface area contributed by atoms with E-state index in [-0.39, 0.29) is 80.8 Å². The summed E-state index contributed by atoms with van der Waals surface area (Å²) < 4.78 is 0. The molecule has 0 spiro atoms. The van der Waals surface area contributed by atoms with Crippen LogP contribution in [0.1, 0.15) is 83.1 Å². The molecule has 0 aromatic rings. The van der Waals surface area contributed by atoms with Gasteiger partial charge in [-0.2, -0.15) is 0 Å². The van der Waals surface area contributed by atoms with Gasteiger partial charge in [0.05, 0.1) is 0 Å². The maximum Gasteiger partial charge on any atom is 3.00 e. The minimum absolute atomic E-state index is 0. The van der Waals surface area contributed by atoms with E-state index in [9.17, 15) is 30.6 Å². The van der Waals surface area contributed by atoms with Crippen LogP contribution in [0.2, 0.25) is 0 Å². The van der Waals surface area contributed by atoms with Crippen molar-refractivity contribution in [3.05, 3.63) is 0 Å². The van der Waals surface area contributed by atoms with Gasteiger partial charge in [0, 0.05) is 0 Å². The first kappa shape index (κ1) is 51.3. The Morgan fingerprint density at radius 2 is 0.269 bits per heavy atom. The molecule has 0 atom stereocenters. The Labute approximate surface area is 228 Å². The summed E-state index contributed by atoms with van der Waals surface area (Å²) in [6.45, 7) is 19.3. The van der Waals surface area contributed by atoms with E-state index in [2.05, 4.69) is 0 Å². The molecule has 160 valence electrons. The van der Waals surface area contributed by atoms with Gasteiger partial charge in [0.25, 0.3) is 0 Å². The smallest absolute Gasteiger partial charge is 0.852 e. The van der Waals surface area contributed by atoms with Gasteiger partial charge in [-0.1, -0.05) is 83.1 Å². The molecule has 26 heavy (non-hydrogen) atoms. The van der Waals surface area contributed by atoms with Crippen LogP contribution in [-0.4, -0.2) is 36.6 Å². The van der Waals surface area contributed by atoms with Gasteiger partial charge in [0.2, 0.25) is 0 Å². The fourth-order valence-electron chi connectivity index (χ4n) is 0. The van der Waals surface area contributed by atoms with Crippen LogP contribution >= 0.6 is 0 Å². The average Bonchev–Trinajstić information content (AvgIpc) is 2.08. The molecule has 0 N–H and O–H groups in total. The molecule has 0 aromatic carbocycles. The molecule has 0 unspecified atom stereocenters. The Morgan fingerprint density at radius 1 is 0.269 bits per heavy atom. The van der Waals surface area contributed by atoms with Crippen LogP contribution in [0.3, 0.4) is 0 Å². The molecule has 0 amide bonds. The maximum atomic E-state index is 9.53. The van der Waals surface area contributed by atoms with E-state index < -0.39 is 36.6 Å². The SMILES string of the molecule is CC(C)[O-].CC(C)[O-].CC(C)[O-].CC(C)[O-].CC(C)[O-].CC(C)[O-].[Pm+3].[Pm+3]. The molecule has 0 bridgehead atoms. The molecule has 0 rings (SSSR count). The molecule has 0 aliphatic heterocycles.